The smallest absolute Gasteiger partial charge is 0.232 e. The van der Waals surface area contributed by atoms with Crippen LogP contribution in [-0.2, 0) is 14.8 Å². The van der Waals surface area contributed by atoms with Gasteiger partial charge in [-0.2, -0.15) is 0 Å². The third kappa shape index (κ3) is 6.02. The predicted octanol–water partition coefficient (Wildman–Crippen LogP) is 4.50. The van der Waals surface area contributed by atoms with E-state index in [2.05, 4.69) is 5.32 Å². The first kappa shape index (κ1) is 22.3. The summed E-state index contributed by atoms with van der Waals surface area (Å²) < 4.78 is 30.9. The van der Waals surface area contributed by atoms with Crippen LogP contribution in [0.25, 0.3) is 0 Å². The van der Waals surface area contributed by atoms with Crippen LogP contribution in [0.15, 0.2) is 36.4 Å². The van der Waals surface area contributed by atoms with E-state index in [4.69, 9.17) is 27.9 Å². The van der Waals surface area contributed by atoms with Crippen molar-refractivity contribution in [1.29, 1.82) is 0 Å². The number of ether oxygens (including phenoxy) is 1. The highest BCUT2D eigenvalue weighted by molar-refractivity contribution is 7.92. The van der Waals surface area contributed by atoms with Gasteiger partial charge in [-0.25, -0.2) is 8.42 Å². The Hall–Kier alpha value is -1.96. The van der Waals surface area contributed by atoms with Crippen LogP contribution in [0.4, 0.5) is 11.4 Å². The number of benzene rings is 2. The lowest BCUT2D eigenvalue weighted by molar-refractivity contribution is -0.116. The number of rotatable bonds is 8. The van der Waals surface area contributed by atoms with E-state index in [1.165, 1.54) is 11.4 Å². The first-order valence-electron chi connectivity index (χ1n) is 8.49. The van der Waals surface area contributed by atoms with Gasteiger partial charge in [0.1, 0.15) is 5.75 Å². The summed E-state index contributed by atoms with van der Waals surface area (Å²) in [5.41, 5.74) is 1.75. The topological polar surface area (TPSA) is 75.7 Å². The molecule has 0 aromatic heterocycles. The molecule has 0 spiro atoms. The molecule has 6 nitrogen and oxygen atoms in total. The van der Waals surface area contributed by atoms with Crippen molar-refractivity contribution in [1.82, 2.24) is 0 Å². The van der Waals surface area contributed by atoms with Crippen LogP contribution in [0.5, 0.6) is 5.75 Å². The van der Waals surface area contributed by atoms with E-state index in [1.807, 2.05) is 6.92 Å². The molecule has 152 valence electrons. The van der Waals surface area contributed by atoms with Gasteiger partial charge >= 0.3 is 0 Å². The molecule has 2 aromatic rings. The summed E-state index contributed by atoms with van der Waals surface area (Å²) in [7, 11) is -2.03. The molecule has 0 atom stereocenters. The molecule has 0 saturated heterocycles. The maximum atomic E-state index is 12.3. The largest absolute Gasteiger partial charge is 0.495 e. The number of sulfonamides is 1. The molecule has 0 unspecified atom stereocenters. The fraction of sp³-hybridized carbons (Fsp3) is 0.316. The van der Waals surface area contributed by atoms with Crippen molar-refractivity contribution in [3.63, 3.8) is 0 Å². The molecule has 28 heavy (non-hydrogen) atoms. The lowest BCUT2D eigenvalue weighted by Crippen LogP contribution is -2.32. The van der Waals surface area contributed by atoms with Crippen LogP contribution in [-0.4, -0.2) is 34.2 Å². The fourth-order valence-corrected chi connectivity index (χ4v) is 4.04. The van der Waals surface area contributed by atoms with Gasteiger partial charge in [0.2, 0.25) is 15.9 Å². The first-order chi connectivity index (χ1) is 13.1. The normalized spacial score (nSPS) is 11.2. The van der Waals surface area contributed by atoms with E-state index in [0.717, 1.165) is 11.8 Å². The molecule has 0 radical (unpaired) electrons. The maximum Gasteiger partial charge on any atom is 0.232 e. The highest BCUT2D eigenvalue weighted by Crippen LogP contribution is 2.28. The number of carbonyl (C=O) groups is 1. The number of halogens is 2. The van der Waals surface area contributed by atoms with Crippen LogP contribution in [0.2, 0.25) is 10.0 Å². The molecule has 0 aliphatic rings. The zero-order valence-corrected chi connectivity index (χ0v) is 18.2. The van der Waals surface area contributed by atoms with Crippen LogP contribution in [0.3, 0.4) is 0 Å². The minimum atomic E-state index is -3.52. The van der Waals surface area contributed by atoms with Crippen molar-refractivity contribution in [2.45, 2.75) is 19.8 Å². The molecule has 1 N–H and O–H groups in total. The molecule has 9 heteroatoms. The molecule has 0 aliphatic carbocycles. The van der Waals surface area contributed by atoms with Crippen LogP contribution in [0, 0.1) is 6.92 Å². The summed E-state index contributed by atoms with van der Waals surface area (Å²) in [4.78, 5) is 12.3. The molecule has 0 saturated carbocycles. The highest BCUT2D eigenvalue weighted by atomic mass is 35.5. The summed E-state index contributed by atoms with van der Waals surface area (Å²) in [6.07, 6.45) is 1.58. The van der Waals surface area contributed by atoms with Crippen molar-refractivity contribution in [2.24, 2.45) is 0 Å². The van der Waals surface area contributed by atoms with Gasteiger partial charge in [-0.1, -0.05) is 29.3 Å². The molecule has 1 amide bonds. The average Bonchev–Trinajstić information content (AvgIpc) is 2.60. The van der Waals surface area contributed by atoms with Gasteiger partial charge < -0.3 is 10.1 Å². The second-order valence-electron chi connectivity index (χ2n) is 6.26. The Labute approximate surface area is 175 Å². The number of hydrogen-bond acceptors (Lipinski definition) is 4. The molecule has 0 fully saturated rings. The first-order valence-corrected chi connectivity index (χ1v) is 11.1. The third-order valence-corrected chi connectivity index (χ3v) is 5.69. The number of hydrogen-bond donors (Lipinski definition) is 1. The van der Waals surface area contributed by atoms with E-state index in [9.17, 15) is 13.2 Å². The minimum Gasteiger partial charge on any atom is -0.495 e. The van der Waals surface area contributed by atoms with Crippen LogP contribution < -0.4 is 14.4 Å². The van der Waals surface area contributed by atoms with Crippen LogP contribution in [0.1, 0.15) is 18.4 Å². The summed E-state index contributed by atoms with van der Waals surface area (Å²) in [5, 5.41) is 3.65. The Morgan fingerprint density at radius 2 is 1.79 bits per heavy atom. The van der Waals surface area contributed by atoms with Gasteiger partial charge in [0.15, 0.2) is 0 Å². The number of anilines is 2. The van der Waals surface area contributed by atoms with Crippen molar-refractivity contribution in [3.05, 3.63) is 52.0 Å². The molecule has 0 bridgehead atoms. The highest BCUT2D eigenvalue weighted by Gasteiger charge is 2.20. The second-order valence-corrected chi connectivity index (χ2v) is 9.04. The molecule has 2 rings (SSSR count). The van der Waals surface area contributed by atoms with Crippen molar-refractivity contribution in [2.75, 3.05) is 29.5 Å². The van der Waals surface area contributed by atoms with E-state index < -0.39 is 10.0 Å². The molecule has 2 aromatic carbocycles. The van der Waals surface area contributed by atoms with E-state index in [-0.39, 0.29) is 18.9 Å². The molecular weight excluding hydrogens is 423 g/mol. The summed E-state index contributed by atoms with van der Waals surface area (Å²) in [5.74, 6) is 0.224. The number of nitrogens with one attached hydrogen (secondary N) is 1. The Morgan fingerprint density at radius 3 is 2.43 bits per heavy atom. The summed E-state index contributed by atoms with van der Waals surface area (Å²) >= 11 is 12.0. The van der Waals surface area contributed by atoms with E-state index >= 15 is 0 Å². The van der Waals surface area contributed by atoms with Gasteiger partial charge in [-0.15, -0.1) is 0 Å². The number of carbonyl (C=O) groups excluding carboxylic acids is 1. The lowest BCUT2D eigenvalue weighted by Gasteiger charge is -2.24. The molecular formula is C19H22Cl2N2O4S. The number of amides is 1. The monoisotopic (exact) mass is 444 g/mol. The zero-order chi connectivity index (χ0) is 20.9. The standard InChI is InChI=1S/C19H22Cl2N2O4S/c1-13-6-7-15(21)12-17(13)23(28(3,25)26)10-4-5-19(24)22-16-11-14(20)8-9-18(16)27-2/h6-9,11-12H,4-5,10H2,1-3H3,(H,22,24). The Balaban J connectivity index is 2.06. The fourth-order valence-electron chi connectivity index (χ4n) is 2.69. The zero-order valence-electron chi connectivity index (χ0n) is 15.8. The maximum absolute atomic E-state index is 12.3. The Bertz CT molecular complexity index is 964. The Morgan fingerprint density at radius 1 is 1.14 bits per heavy atom. The van der Waals surface area contributed by atoms with Crippen molar-refractivity contribution < 1.29 is 17.9 Å². The van der Waals surface area contributed by atoms with Gasteiger partial charge in [-0.05, 0) is 49.2 Å². The van der Waals surface area contributed by atoms with Crippen molar-refractivity contribution >= 4 is 50.5 Å². The predicted molar refractivity (Wildman–Crippen MR) is 114 cm³/mol. The molecule has 0 aliphatic heterocycles. The van der Waals surface area contributed by atoms with Gasteiger partial charge in [-0.3, -0.25) is 9.10 Å². The SMILES string of the molecule is COc1ccc(Cl)cc1NC(=O)CCCN(c1cc(Cl)ccc1C)S(C)(=O)=O. The van der Waals surface area contributed by atoms with E-state index in [1.54, 1.807) is 36.4 Å². The quantitative estimate of drug-likeness (QED) is 0.650. The second kappa shape index (κ2) is 9.49. The average molecular weight is 445 g/mol. The van der Waals surface area contributed by atoms with Gasteiger partial charge in [0.05, 0.1) is 24.7 Å². The third-order valence-electron chi connectivity index (χ3n) is 4.04. The summed E-state index contributed by atoms with van der Waals surface area (Å²) in [6.45, 7) is 1.96. The summed E-state index contributed by atoms with van der Waals surface area (Å²) in [6, 6.07) is 9.98. The Kier molecular flexibility index (Phi) is 7.57. The number of nitrogens with zero attached hydrogens (tertiary/aromatic N) is 1. The minimum absolute atomic E-state index is 0.126. The van der Waals surface area contributed by atoms with Gasteiger partial charge in [0.25, 0.3) is 0 Å². The van der Waals surface area contributed by atoms with Crippen molar-refractivity contribution in [3.8, 4) is 5.75 Å². The lowest BCUT2D eigenvalue weighted by atomic mass is 10.2. The number of aryl methyl sites for hydroxylation is 1. The van der Waals surface area contributed by atoms with Gasteiger partial charge in [0, 0.05) is 23.0 Å². The molecule has 0 heterocycles. The van der Waals surface area contributed by atoms with E-state index in [0.29, 0.717) is 33.6 Å². The van der Waals surface area contributed by atoms with Crippen LogP contribution >= 0.6 is 23.2 Å². The number of methoxy groups -OCH3 is 1.